The number of imide groups is 1. The fraction of sp³-hybridized carbons (Fsp3) is 0.167. The maximum Gasteiger partial charge on any atom is 0.262 e. The number of amides is 3. The average Bonchev–Trinajstić information content (AvgIpc) is 2.86. The molecule has 0 fully saturated rings. The molecule has 1 aliphatic heterocycles. The van der Waals surface area contributed by atoms with Gasteiger partial charge in [0.1, 0.15) is 6.54 Å². The van der Waals surface area contributed by atoms with Crippen molar-refractivity contribution in [3.05, 3.63) is 70.2 Å². The molecular weight excluding hydrogens is 344 g/mol. The van der Waals surface area contributed by atoms with E-state index in [9.17, 15) is 19.5 Å². The van der Waals surface area contributed by atoms with E-state index < -0.39 is 23.8 Å². The first-order chi connectivity index (χ1) is 12.0. The van der Waals surface area contributed by atoms with Crippen molar-refractivity contribution in [3.8, 4) is 0 Å². The Morgan fingerprint density at radius 3 is 2.16 bits per heavy atom. The number of carbonyl (C=O) groups is 3. The van der Waals surface area contributed by atoms with E-state index in [4.69, 9.17) is 11.6 Å². The standard InChI is InChI=1S/C18H15ClN2O4/c19-12-7-5-11(6-8-12)15(22)9-20-16(23)10-21-17(24)13-3-1-2-4-14(13)18(21)25/h1-8,15,22H,9-10H2,(H,20,23). The molecule has 0 saturated heterocycles. The monoisotopic (exact) mass is 358 g/mol. The van der Waals surface area contributed by atoms with Gasteiger partial charge in [0.05, 0.1) is 17.2 Å². The number of rotatable bonds is 5. The highest BCUT2D eigenvalue weighted by Crippen LogP contribution is 2.22. The van der Waals surface area contributed by atoms with Crippen LogP contribution in [0, 0.1) is 0 Å². The second-order valence-corrected chi connectivity index (χ2v) is 6.05. The van der Waals surface area contributed by atoms with Crippen LogP contribution >= 0.6 is 11.6 Å². The molecule has 2 N–H and O–H groups in total. The summed E-state index contributed by atoms with van der Waals surface area (Å²) in [4.78, 5) is 37.3. The Hall–Kier alpha value is -2.70. The van der Waals surface area contributed by atoms with E-state index in [0.717, 1.165) is 4.90 Å². The van der Waals surface area contributed by atoms with Crippen molar-refractivity contribution in [2.75, 3.05) is 13.1 Å². The lowest BCUT2D eigenvalue weighted by molar-refractivity contribution is -0.121. The van der Waals surface area contributed by atoms with Gasteiger partial charge < -0.3 is 10.4 Å². The normalized spacial score (nSPS) is 14.4. The summed E-state index contributed by atoms with van der Waals surface area (Å²) in [5.41, 5.74) is 1.19. The lowest BCUT2D eigenvalue weighted by Crippen LogP contribution is -2.41. The molecule has 0 radical (unpaired) electrons. The van der Waals surface area contributed by atoms with E-state index in [1.165, 1.54) is 0 Å². The van der Waals surface area contributed by atoms with Crippen molar-refractivity contribution in [1.82, 2.24) is 10.2 Å². The summed E-state index contributed by atoms with van der Waals surface area (Å²) in [5, 5.41) is 13.1. The summed E-state index contributed by atoms with van der Waals surface area (Å²) in [6, 6.07) is 13.0. The highest BCUT2D eigenvalue weighted by Gasteiger charge is 2.36. The van der Waals surface area contributed by atoms with Crippen LogP contribution in [0.1, 0.15) is 32.4 Å². The molecule has 1 atom stereocenters. The third-order valence-electron chi connectivity index (χ3n) is 3.93. The predicted molar refractivity (Wildman–Crippen MR) is 91.2 cm³/mol. The fourth-order valence-electron chi connectivity index (χ4n) is 2.60. The number of carbonyl (C=O) groups excluding carboxylic acids is 3. The average molecular weight is 359 g/mol. The zero-order valence-corrected chi connectivity index (χ0v) is 13.9. The number of hydrogen-bond donors (Lipinski definition) is 2. The Bertz CT molecular complexity index is 800. The maximum atomic E-state index is 12.2. The van der Waals surface area contributed by atoms with Crippen molar-refractivity contribution in [2.45, 2.75) is 6.10 Å². The molecule has 0 saturated carbocycles. The van der Waals surface area contributed by atoms with Gasteiger partial charge in [-0.1, -0.05) is 35.9 Å². The first kappa shape index (κ1) is 17.1. The van der Waals surface area contributed by atoms with Crippen molar-refractivity contribution in [1.29, 1.82) is 0 Å². The third kappa shape index (κ3) is 3.55. The van der Waals surface area contributed by atoms with E-state index in [1.54, 1.807) is 48.5 Å². The molecule has 1 unspecified atom stereocenters. The van der Waals surface area contributed by atoms with Crippen LogP contribution in [0.15, 0.2) is 48.5 Å². The second-order valence-electron chi connectivity index (χ2n) is 5.61. The Kier molecular flexibility index (Phi) is 4.83. The summed E-state index contributed by atoms with van der Waals surface area (Å²) >= 11 is 5.78. The molecule has 0 bridgehead atoms. The molecule has 0 aliphatic carbocycles. The van der Waals surface area contributed by atoms with Gasteiger partial charge in [0.25, 0.3) is 11.8 Å². The highest BCUT2D eigenvalue weighted by molar-refractivity contribution is 6.30. The lowest BCUT2D eigenvalue weighted by atomic mass is 10.1. The molecule has 2 aromatic carbocycles. The van der Waals surface area contributed by atoms with Gasteiger partial charge in [0, 0.05) is 11.6 Å². The predicted octanol–water partition coefficient (Wildman–Crippen LogP) is 1.79. The minimum atomic E-state index is -0.914. The van der Waals surface area contributed by atoms with Crippen LogP contribution in [0.25, 0.3) is 0 Å². The van der Waals surface area contributed by atoms with Crippen LogP contribution in [0.2, 0.25) is 5.02 Å². The summed E-state index contributed by atoms with van der Waals surface area (Å²) in [6.07, 6.45) is -0.914. The van der Waals surface area contributed by atoms with Gasteiger partial charge in [0.15, 0.2) is 0 Å². The summed E-state index contributed by atoms with van der Waals surface area (Å²) in [7, 11) is 0. The van der Waals surface area contributed by atoms with Crippen LogP contribution in [0.4, 0.5) is 0 Å². The fourth-order valence-corrected chi connectivity index (χ4v) is 2.72. The van der Waals surface area contributed by atoms with Crippen LogP contribution in [0.3, 0.4) is 0 Å². The zero-order valence-electron chi connectivity index (χ0n) is 13.1. The molecule has 128 valence electrons. The van der Waals surface area contributed by atoms with E-state index in [0.29, 0.717) is 21.7 Å². The quantitative estimate of drug-likeness (QED) is 0.798. The summed E-state index contributed by atoms with van der Waals surface area (Å²) in [5.74, 6) is -1.51. The Morgan fingerprint density at radius 1 is 1.04 bits per heavy atom. The van der Waals surface area contributed by atoms with E-state index in [1.807, 2.05) is 0 Å². The third-order valence-corrected chi connectivity index (χ3v) is 4.18. The Balaban J connectivity index is 1.57. The van der Waals surface area contributed by atoms with Gasteiger partial charge in [0.2, 0.25) is 5.91 Å². The molecule has 25 heavy (non-hydrogen) atoms. The van der Waals surface area contributed by atoms with Crippen molar-refractivity contribution in [3.63, 3.8) is 0 Å². The first-order valence-corrected chi connectivity index (χ1v) is 8.00. The molecule has 3 amide bonds. The van der Waals surface area contributed by atoms with Crippen LogP contribution in [-0.4, -0.2) is 40.8 Å². The SMILES string of the molecule is O=C(CN1C(=O)c2ccccc2C1=O)NCC(O)c1ccc(Cl)cc1. The number of nitrogens with zero attached hydrogens (tertiary/aromatic N) is 1. The van der Waals surface area contributed by atoms with Gasteiger partial charge in [-0.25, -0.2) is 0 Å². The Morgan fingerprint density at radius 2 is 1.60 bits per heavy atom. The lowest BCUT2D eigenvalue weighted by Gasteiger charge is -2.16. The number of nitrogens with one attached hydrogen (secondary N) is 1. The molecule has 6 nitrogen and oxygen atoms in total. The maximum absolute atomic E-state index is 12.2. The van der Waals surface area contributed by atoms with Gasteiger partial charge >= 0.3 is 0 Å². The van der Waals surface area contributed by atoms with Gasteiger partial charge in [-0.15, -0.1) is 0 Å². The van der Waals surface area contributed by atoms with Crippen LogP contribution < -0.4 is 5.32 Å². The van der Waals surface area contributed by atoms with Gasteiger partial charge in [-0.05, 0) is 29.8 Å². The molecule has 1 heterocycles. The summed E-state index contributed by atoms with van der Waals surface area (Å²) < 4.78 is 0. The largest absolute Gasteiger partial charge is 0.387 e. The van der Waals surface area contributed by atoms with E-state index >= 15 is 0 Å². The topological polar surface area (TPSA) is 86.7 Å². The second kappa shape index (κ2) is 7.04. The first-order valence-electron chi connectivity index (χ1n) is 7.63. The minimum Gasteiger partial charge on any atom is -0.387 e. The number of aliphatic hydroxyl groups is 1. The highest BCUT2D eigenvalue weighted by atomic mass is 35.5. The van der Waals surface area contributed by atoms with Gasteiger partial charge in [-0.3, -0.25) is 19.3 Å². The summed E-state index contributed by atoms with van der Waals surface area (Å²) in [6.45, 7) is -0.427. The minimum absolute atomic E-state index is 0.0381. The number of aliphatic hydroxyl groups excluding tert-OH is 1. The number of fused-ring (bicyclic) bond motifs is 1. The smallest absolute Gasteiger partial charge is 0.262 e. The molecule has 0 aromatic heterocycles. The van der Waals surface area contributed by atoms with Crippen molar-refractivity contribution >= 4 is 29.3 Å². The number of hydrogen-bond acceptors (Lipinski definition) is 4. The van der Waals surface area contributed by atoms with Crippen molar-refractivity contribution in [2.24, 2.45) is 0 Å². The van der Waals surface area contributed by atoms with Crippen LogP contribution in [-0.2, 0) is 4.79 Å². The number of benzene rings is 2. The molecule has 3 rings (SSSR count). The van der Waals surface area contributed by atoms with Gasteiger partial charge in [-0.2, -0.15) is 0 Å². The Labute approximate surface area is 149 Å². The van der Waals surface area contributed by atoms with E-state index in [2.05, 4.69) is 5.32 Å². The van der Waals surface area contributed by atoms with Crippen LogP contribution in [0.5, 0.6) is 0 Å². The molecule has 2 aromatic rings. The number of halogens is 1. The van der Waals surface area contributed by atoms with E-state index in [-0.39, 0.29) is 13.1 Å². The molecular formula is C18H15ClN2O4. The van der Waals surface area contributed by atoms with Crippen molar-refractivity contribution < 1.29 is 19.5 Å². The molecule has 0 spiro atoms. The molecule has 1 aliphatic rings. The molecule has 7 heteroatoms. The zero-order chi connectivity index (χ0) is 18.0.